The van der Waals surface area contributed by atoms with Gasteiger partial charge in [0, 0.05) is 23.0 Å². The van der Waals surface area contributed by atoms with Crippen molar-refractivity contribution in [2.45, 2.75) is 19.4 Å². The summed E-state index contributed by atoms with van der Waals surface area (Å²) >= 11 is 2.01. The molecule has 1 atom stereocenters. The first-order valence-electron chi connectivity index (χ1n) is 6.04. The fraction of sp³-hybridized carbons (Fsp3) is 0.385. The number of rotatable bonds is 3. The van der Waals surface area contributed by atoms with Gasteiger partial charge < -0.3 is 9.73 Å². The second-order valence-corrected chi connectivity index (χ2v) is 5.63. The van der Waals surface area contributed by atoms with E-state index in [2.05, 4.69) is 34.6 Å². The lowest BCUT2D eigenvalue weighted by Gasteiger charge is -2.15. The van der Waals surface area contributed by atoms with Crippen molar-refractivity contribution in [3.05, 3.63) is 30.2 Å². The van der Waals surface area contributed by atoms with E-state index < -0.39 is 0 Å². The van der Waals surface area contributed by atoms with Crippen LogP contribution in [0.4, 0.5) is 5.69 Å². The van der Waals surface area contributed by atoms with Gasteiger partial charge in [0.2, 0.25) is 12.3 Å². The van der Waals surface area contributed by atoms with Gasteiger partial charge >= 0.3 is 0 Å². The minimum Gasteiger partial charge on any atom is -0.423 e. The summed E-state index contributed by atoms with van der Waals surface area (Å²) in [5.74, 6) is 3.00. The first kappa shape index (κ1) is 11.6. The van der Waals surface area contributed by atoms with E-state index >= 15 is 0 Å². The zero-order chi connectivity index (χ0) is 12.4. The SMILES string of the molecule is Cc1ccc(-c2nnco2)cc1NC1CCSC1. The molecular weight excluding hydrogens is 246 g/mol. The maximum atomic E-state index is 5.23. The molecule has 1 unspecified atom stereocenters. The highest BCUT2D eigenvalue weighted by Crippen LogP contribution is 2.27. The van der Waals surface area contributed by atoms with Crippen molar-refractivity contribution in [3.8, 4) is 11.5 Å². The van der Waals surface area contributed by atoms with Crippen LogP contribution in [0.1, 0.15) is 12.0 Å². The molecule has 94 valence electrons. The maximum absolute atomic E-state index is 5.23. The summed E-state index contributed by atoms with van der Waals surface area (Å²) in [6.07, 6.45) is 2.59. The summed E-state index contributed by atoms with van der Waals surface area (Å²) in [6.45, 7) is 2.11. The van der Waals surface area contributed by atoms with Gasteiger partial charge in [-0.05, 0) is 36.8 Å². The van der Waals surface area contributed by atoms with Crippen molar-refractivity contribution in [2.24, 2.45) is 0 Å². The van der Waals surface area contributed by atoms with Crippen LogP contribution in [-0.2, 0) is 0 Å². The van der Waals surface area contributed by atoms with Crippen LogP contribution in [0.15, 0.2) is 29.0 Å². The Labute approximate surface area is 110 Å². The molecule has 0 aliphatic carbocycles. The molecule has 3 rings (SSSR count). The monoisotopic (exact) mass is 261 g/mol. The van der Waals surface area contributed by atoms with Crippen molar-refractivity contribution in [1.29, 1.82) is 0 Å². The van der Waals surface area contributed by atoms with Crippen molar-refractivity contribution >= 4 is 17.4 Å². The zero-order valence-corrected chi connectivity index (χ0v) is 11.0. The summed E-state index contributed by atoms with van der Waals surface area (Å²) in [7, 11) is 0. The number of hydrogen-bond acceptors (Lipinski definition) is 5. The van der Waals surface area contributed by atoms with Crippen LogP contribution in [0, 0.1) is 6.92 Å². The average molecular weight is 261 g/mol. The minimum absolute atomic E-state index is 0.568. The molecule has 18 heavy (non-hydrogen) atoms. The smallest absolute Gasteiger partial charge is 0.247 e. The number of thioether (sulfide) groups is 1. The van der Waals surface area contributed by atoms with Gasteiger partial charge in [0.1, 0.15) is 0 Å². The van der Waals surface area contributed by atoms with Crippen molar-refractivity contribution in [3.63, 3.8) is 0 Å². The fourth-order valence-corrected chi connectivity index (χ4v) is 3.23. The Morgan fingerprint density at radius 2 is 2.39 bits per heavy atom. The zero-order valence-electron chi connectivity index (χ0n) is 10.2. The van der Waals surface area contributed by atoms with E-state index in [4.69, 9.17) is 4.42 Å². The van der Waals surface area contributed by atoms with Gasteiger partial charge in [-0.1, -0.05) is 6.07 Å². The molecule has 1 aromatic heterocycles. The third-order valence-corrected chi connectivity index (χ3v) is 4.30. The van der Waals surface area contributed by atoms with E-state index in [1.54, 1.807) is 0 Å². The van der Waals surface area contributed by atoms with Gasteiger partial charge in [0.25, 0.3) is 0 Å². The van der Waals surface area contributed by atoms with Gasteiger partial charge in [0.05, 0.1) is 0 Å². The lowest BCUT2D eigenvalue weighted by molar-refractivity contribution is 0.568. The van der Waals surface area contributed by atoms with Crippen LogP contribution < -0.4 is 5.32 Å². The van der Waals surface area contributed by atoms with Crippen molar-refractivity contribution in [2.75, 3.05) is 16.8 Å². The van der Waals surface area contributed by atoms with Crippen LogP contribution in [0.2, 0.25) is 0 Å². The molecule has 4 nitrogen and oxygen atoms in total. The van der Waals surface area contributed by atoms with E-state index in [1.807, 2.05) is 17.8 Å². The number of anilines is 1. The molecule has 5 heteroatoms. The number of benzene rings is 1. The Morgan fingerprint density at radius 1 is 1.44 bits per heavy atom. The predicted molar refractivity (Wildman–Crippen MR) is 73.8 cm³/mol. The van der Waals surface area contributed by atoms with Crippen molar-refractivity contribution < 1.29 is 4.42 Å². The third-order valence-electron chi connectivity index (χ3n) is 3.13. The first-order valence-corrected chi connectivity index (χ1v) is 7.20. The molecule has 0 amide bonds. The average Bonchev–Trinajstić information content (AvgIpc) is 3.04. The molecule has 1 fully saturated rings. The molecule has 0 spiro atoms. The Kier molecular flexibility index (Phi) is 3.23. The maximum Gasteiger partial charge on any atom is 0.247 e. The summed E-state index contributed by atoms with van der Waals surface area (Å²) in [5.41, 5.74) is 3.37. The van der Waals surface area contributed by atoms with Gasteiger partial charge in [-0.2, -0.15) is 11.8 Å². The van der Waals surface area contributed by atoms with Crippen molar-refractivity contribution in [1.82, 2.24) is 10.2 Å². The number of hydrogen-bond donors (Lipinski definition) is 1. The molecule has 1 saturated heterocycles. The Hall–Kier alpha value is -1.49. The second kappa shape index (κ2) is 5.02. The van der Waals surface area contributed by atoms with Crippen LogP contribution in [0.5, 0.6) is 0 Å². The van der Waals surface area contributed by atoms with E-state index in [1.165, 1.54) is 35.6 Å². The Morgan fingerprint density at radius 3 is 3.11 bits per heavy atom. The molecule has 1 aliphatic heterocycles. The molecule has 0 bridgehead atoms. The van der Waals surface area contributed by atoms with Gasteiger partial charge in [0.15, 0.2) is 0 Å². The van der Waals surface area contributed by atoms with Gasteiger partial charge in [-0.3, -0.25) is 0 Å². The number of nitrogens with zero attached hydrogens (tertiary/aromatic N) is 2. The van der Waals surface area contributed by atoms with Gasteiger partial charge in [-0.15, -0.1) is 10.2 Å². The fourth-order valence-electron chi connectivity index (χ4n) is 2.08. The van der Waals surface area contributed by atoms with Crippen LogP contribution >= 0.6 is 11.8 Å². The van der Waals surface area contributed by atoms with Crippen LogP contribution in [0.25, 0.3) is 11.5 Å². The molecule has 1 aromatic carbocycles. The molecule has 2 heterocycles. The van der Waals surface area contributed by atoms with E-state index in [0.717, 1.165) is 5.56 Å². The standard InChI is InChI=1S/C13H15N3OS/c1-9-2-3-10(13-16-14-8-17-13)6-12(9)15-11-4-5-18-7-11/h2-3,6,8,11,15H,4-5,7H2,1H3. The molecular formula is C13H15N3OS. The highest BCUT2D eigenvalue weighted by Gasteiger charge is 2.16. The highest BCUT2D eigenvalue weighted by molar-refractivity contribution is 7.99. The number of nitrogens with one attached hydrogen (secondary N) is 1. The minimum atomic E-state index is 0.568. The Balaban J connectivity index is 1.86. The summed E-state index contributed by atoms with van der Waals surface area (Å²) in [6, 6.07) is 6.76. The summed E-state index contributed by atoms with van der Waals surface area (Å²) < 4.78 is 5.23. The number of aromatic nitrogens is 2. The molecule has 0 radical (unpaired) electrons. The number of aryl methyl sites for hydroxylation is 1. The lowest BCUT2D eigenvalue weighted by Crippen LogP contribution is -2.18. The first-order chi connectivity index (χ1) is 8.83. The van der Waals surface area contributed by atoms with Crippen LogP contribution in [-0.4, -0.2) is 27.7 Å². The van der Waals surface area contributed by atoms with Gasteiger partial charge in [-0.25, -0.2) is 0 Å². The second-order valence-electron chi connectivity index (χ2n) is 4.48. The lowest BCUT2D eigenvalue weighted by atomic mass is 10.1. The predicted octanol–water partition coefficient (Wildman–Crippen LogP) is 2.96. The topological polar surface area (TPSA) is 51.0 Å². The molecule has 2 aromatic rings. The highest BCUT2D eigenvalue weighted by atomic mass is 32.2. The largest absolute Gasteiger partial charge is 0.423 e. The summed E-state index contributed by atoms with van der Waals surface area (Å²) in [5, 5.41) is 11.3. The normalized spacial score (nSPS) is 19.1. The molecule has 1 N–H and O–H groups in total. The molecule has 1 aliphatic rings. The Bertz CT molecular complexity index is 521. The van der Waals surface area contributed by atoms with E-state index in [9.17, 15) is 0 Å². The third kappa shape index (κ3) is 2.36. The van der Waals surface area contributed by atoms with Crippen LogP contribution in [0.3, 0.4) is 0 Å². The summed E-state index contributed by atoms with van der Waals surface area (Å²) in [4.78, 5) is 0. The molecule has 0 saturated carbocycles. The van der Waals surface area contributed by atoms with E-state index in [-0.39, 0.29) is 0 Å². The van der Waals surface area contributed by atoms with E-state index in [0.29, 0.717) is 11.9 Å². The quantitative estimate of drug-likeness (QED) is 0.920.